The Bertz CT molecular complexity index is 604. The van der Waals surface area contributed by atoms with Crippen molar-refractivity contribution in [1.82, 2.24) is 0 Å². The largest absolute Gasteiger partial charge is 0.326 e. The normalized spacial score (nSPS) is 10.8. The quantitative estimate of drug-likeness (QED) is 0.733. The molecule has 2 rings (SSSR count). The molecule has 112 valence electrons. The molecular weight excluding hydrogens is 258 g/mol. The maximum Gasteiger partial charge on any atom is 0.224 e. The van der Waals surface area contributed by atoms with E-state index < -0.39 is 0 Å². The van der Waals surface area contributed by atoms with Gasteiger partial charge in [-0.25, -0.2) is 0 Å². The van der Waals surface area contributed by atoms with Crippen LogP contribution in [0, 0.1) is 0 Å². The van der Waals surface area contributed by atoms with Gasteiger partial charge in [0.1, 0.15) is 0 Å². The number of unbranched alkanes of at least 4 members (excludes halogenated alkanes) is 2. The minimum atomic E-state index is 0.130. The lowest BCUT2D eigenvalue weighted by molar-refractivity contribution is -0.116. The van der Waals surface area contributed by atoms with Crippen molar-refractivity contribution >= 4 is 22.4 Å². The number of hydrogen-bond acceptors (Lipinski definition) is 1. The fourth-order valence-electron chi connectivity index (χ4n) is 2.63. The number of carbonyl (C=O) groups is 1. The van der Waals surface area contributed by atoms with E-state index >= 15 is 0 Å². The lowest BCUT2D eigenvalue weighted by Gasteiger charge is -2.14. The zero-order valence-electron chi connectivity index (χ0n) is 13.1. The molecule has 0 radical (unpaired) electrons. The fourth-order valence-corrected chi connectivity index (χ4v) is 2.63. The average molecular weight is 283 g/mol. The van der Waals surface area contributed by atoms with Crippen LogP contribution in [0.5, 0.6) is 0 Å². The molecule has 2 heteroatoms. The first-order valence-corrected chi connectivity index (χ1v) is 8.06. The molecule has 2 nitrogen and oxygen atoms in total. The standard InChI is InChI=1S/C19H25NO/c1-3-5-10-17-16-11-8-7-9-15(16)13-14-18(17)20-19(21)12-6-4-2/h7-9,11,13-14H,3-6,10,12H2,1-2H3,(H,20,21). The van der Waals surface area contributed by atoms with E-state index in [1.807, 2.05) is 0 Å². The van der Waals surface area contributed by atoms with Gasteiger partial charge in [0.25, 0.3) is 0 Å². The summed E-state index contributed by atoms with van der Waals surface area (Å²) in [4.78, 5) is 12.0. The van der Waals surface area contributed by atoms with Gasteiger partial charge in [0.2, 0.25) is 5.91 Å². The van der Waals surface area contributed by atoms with Crippen LogP contribution in [0.2, 0.25) is 0 Å². The van der Waals surface area contributed by atoms with E-state index in [1.54, 1.807) is 0 Å². The minimum absolute atomic E-state index is 0.130. The van der Waals surface area contributed by atoms with Crippen LogP contribution >= 0.6 is 0 Å². The Morgan fingerprint density at radius 3 is 2.52 bits per heavy atom. The van der Waals surface area contributed by atoms with Crippen LogP contribution in [-0.4, -0.2) is 5.91 Å². The molecule has 0 unspecified atom stereocenters. The van der Waals surface area contributed by atoms with E-state index in [2.05, 4.69) is 55.6 Å². The highest BCUT2D eigenvalue weighted by atomic mass is 16.1. The Morgan fingerprint density at radius 1 is 1.00 bits per heavy atom. The number of amides is 1. The van der Waals surface area contributed by atoms with Gasteiger partial charge in [0.05, 0.1) is 0 Å². The van der Waals surface area contributed by atoms with E-state index in [0.29, 0.717) is 6.42 Å². The summed E-state index contributed by atoms with van der Waals surface area (Å²) >= 11 is 0. The summed E-state index contributed by atoms with van der Waals surface area (Å²) in [5.41, 5.74) is 2.27. The Balaban J connectivity index is 2.30. The molecule has 2 aromatic rings. The molecule has 0 aliphatic carbocycles. The second-order valence-corrected chi connectivity index (χ2v) is 5.57. The molecule has 0 spiro atoms. The molecule has 0 bridgehead atoms. The molecule has 0 atom stereocenters. The van der Waals surface area contributed by atoms with Crippen LogP contribution in [-0.2, 0) is 11.2 Å². The molecule has 0 saturated carbocycles. The maximum absolute atomic E-state index is 12.0. The highest BCUT2D eigenvalue weighted by molar-refractivity contribution is 5.97. The molecule has 0 aromatic heterocycles. The molecule has 0 saturated heterocycles. The monoisotopic (exact) mass is 283 g/mol. The average Bonchev–Trinajstić information content (AvgIpc) is 2.51. The van der Waals surface area contributed by atoms with E-state index in [0.717, 1.165) is 37.8 Å². The number of anilines is 1. The first-order valence-electron chi connectivity index (χ1n) is 8.06. The summed E-state index contributed by atoms with van der Waals surface area (Å²) in [5, 5.41) is 5.62. The van der Waals surface area contributed by atoms with Crippen LogP contribution in [0.15, 0.2) is 36.4 Å². The van der Waals surface area contributed by atoms with Crippen LogP contribution in [0.1, 0.15) is 51.5 Å². The lowest BCUT2D eigenvalue weighted by Crippen LogP contribution is -2.12. The van der Waals surface area contributed by atoms with Crippen molar-refractivity contribution in [2.75, 3.05) is 5.32 Å². The first-order chi connectivity index (χ1) is 10.3. The third-order valence-corrected chi connectivity index (χ3v) is 3.85. The second kappa shape index (κ2) is 7.82. The number of rotatable bonds is 7. The predicted octanol–water partition coefficient (Wildman–Crippen LogP) is 5.31. The summed E-state index contributed by atoms with van der Waals surface area (Å²) < 4.78 is 0. The van der Waals surface area contributed by atoms with E-state index in [-0.39, 0.29) is 5.91 Å². The molecule has 1 N–H and O–H groups in total. The topological polar surface area (TPSA) is 29.1 Å². The molecule has 21 heavy (non-hydrogen) atoms. The Kier molecular flexibility index (Phi) is 5.79. The number of aryl methyl sites for hydroxylation is 1. The van der Waals surface area contributed by atoms with Crippen LogP contribution < -0.4 is 5.32 Å². The summed E-state index contributed by atoms with van der Waals surface area (Å²) in [6.07, 6.45) is 5.92. The lowest BCUT2D eigenvalue weighted by atomic mass is 9.98. The van der Waals surface area contributed by atoms with Gasteiger partial charge >= 0.3 is 0 Å². The Labute approximate surface area is 127 Å². The van der Waals surface area contributed by atoms with Crippen LogP contribution in [0.3, 0.4) is 0 Å². The van der Waals surface area contributed by atoms with Gasteiger partial charge in [0.15, 0.2) is 0 Å². The van der Waals surface area contributed by atoms with Gasteiger partial charge < -0.3 is 5.32 Å². The number of benzene rings is 2. The number of fused-ring (bicyclic) bond motifs is 1. The summed E-state index contributed by atoms with van der Waals surface area (Å²) in [6.45, 7) is 4.31. The molecule has 0 fully saturated rings. The van der Waals surface area contributed by atoms with E-state index in [1.165, 1.54) is 16.3 Å². The SMILES string of the molecule is CCCCC(=O)Nc1ccc2ccccc2c1CCCC. The highest BCUT2D eigenvalue weighted by Crippen LogP contribution is 2.28. The smallest absolute Gasteiger partial charge is 0.224 e. The zero-order chi connectivity index (χ0) is 15.1. The second-order valence-electron chi connectivity index (χ2n) is 5.57. The van der Waals surface area contributed by atoms with Crippen LogP contribution in [0.25, 0.3) is 10.8 Å². The molecule has 0 heterocycles. The van der Waals surface area contributed by atoms with Crippen molar-refractivity contribution in [1.29, 1.82) is 0 Å². The third-order valence-electron chi connectivity index (χ3n) is 3.85. The minimum Gasteiger partial charge on any atom is -0.326 e. The molecule has 2 aromatic carbocycles. The number of hydrogen-bond donors (Lipinski definition) is 1. The Hall–Kier alpha value is -1.83. The summed E-state index contributed by atoms with van der Waals surface area (Å²) in [5.74, 6) is 0.130. The Morgan fingerprint density at radius 2 is 1.76 bits per heavy atom. The van der Waals surface area contributed by atoms with Crippen molar-refractivity contribution < 1.29 is 4.79 Å². The number of nitrogens with one attached hydrogen (secondary N) is 1. The fraction of sp³-hybridized carbons (Fsp3) is 0.421. The van der Waals surface area contributed by atoms with Crippen molar-refractivity contribution in [3.63, 3.8) is 0 Å². The molecular formula is C19H25NO. The van der Waals surface area contributed by atoms with Gasteiger partial charge in [-0.1, -0.05) is 57.0 Å². The van der Waals surface area contributed by atoms with Crippen molar-refractivity contribution in [2.45, 2.75) is 52.4 Å². The first kappa shape index (κ1) is 15.6. The van der Waals surface area contributed by atoms with Gasteiger partial charge in [-0.15, -0.1) is 0 Å². The molecule has 0 aliphatic rings. The third kappa shape index (κ3) is 4.07. The molecule has 1 amide bonds. The van der Waals surface area contributed by atoms with Gasteiger partial charge in [-0.3, -0.25) is 4.79 Å². The van der Waals surface area contributed by atoms with Crippen molar-refractivity contribution in [3.05, 3.63) is 42.0 Å². The summed E-state index contributed by atoms with van der Waals surface area (Å²) in [6, 6.07) is 12.6. The highest BCUT2D eigenvalue weighted by Gasteiger charge is 2.10. The maximum atomic E-state index is 12.0. The van der Waals surface area contributed by atoms with Gasteiger partial charge in [0, 0.05) is 12.1 Å². The number of carbonyl (C=O) groups excluding carboxylic acids is 1. The van der Waals surface area contributed by atoms with E-state index in [9.17, 15) is 4.79 Å². The van der Waals surface area contributed by atoms with Crippen molar-refractivity contribution in [2.24, 2.45) is 0 Å². The van der Waals surface area contributed by atoms with Gasteiger partial charge in [-0.2, -0.15) is 0 Å². The predicted molar refractivity (Wildman–Crippen MR) is 90.7 cm³/mol. The summed E-state index contributed by atoms with van der Waals surface area (Å²) in [7, 11) is 0. The molecule has 0 aliphatic heterocycles. The zero-order valence-corrected chi connectivity index (χ0v) is 13.1. The van der Waals surface area contributed by atoms with E-state index in [4.69, 9.17) is 0 Å². The van der Waals surface area contributed by atoms with Crippen LogP contribution in [0.4, 0.5) is 5.69 Å². The van der Waals surface area contributed by atoms with Gasteiger partial charge in [-0.05, 0) is 41.7 Å². The van der Waals surface area contributed by atoms with Crippen molar-refractivity contribution in [3.8, 4) is 0 Å².